The predicted molar refractivity (Wildman–Crippen MR) is 202 cm³/mol. The fourth-order valence-electron chi connectivity index (χ4n) is 7.53. The van der Waals surface area contributed by atoms with Crippen molar-refractivity contribution in [2.45, 2.75) is 85.0 Å². The number of hydrogen-bond acceptors (Lipinski definition) is 4. The van der Waals surface area contributed by atoms with Crippen LogP contribution in [0.25, 0.3) is 53.2 Å². The van der Waals surface area contributed by atoms with E-state index in [4.69, 9.17) is 0 Å². The predicted octanol–water partition coefficient (Wildman–Crippen LogP) is 11.7. The number of benzene rings is 3. The molecule has 1 fully saturated rings. The van der Waals surface area contributed by atoms with E-state index in [9.17, 15) is 9.90 Å². The molecule has 1 saturated carbocycles. The monoisotopic (exact) mass is 848 g/mol. The molecule has 3 aromatic carbocycles. The van der Waals surface area contributed by atoms with Crippen molar-refractivity contribution in [3.8, 4) is 11.3 Å². The number of hydrogen-bond donors (Lipinski definition) is 1. The number of nitrogens with zero attached hydrogens (tertiary/aromatic N) is 2. The maximum Gasteiger partial charge on any atom is 0.162 e. The molecule has 4 nitrogen and oxygen atoms in total. The van der Waals surface area contributed by atoms with Crippen LogP contribution in [0, 0.1) is 24.9 Å². The van der Waals surface area contributed by atoms with Crippen LogP contribution in [0.3, 0.4) is 0 Å². The third kappa shape index (κ3) is 7.33. The van der Waals surface area contributed by atoms with Gasteiger partial charge < -0.3 is 9.67 Å². The first-order valence-electron chi connectivity index (χ1n) is 17.7. The molecule has 257 valence electrons. The molecule has 0 aliphatic heterocycles. The van der Waals surface area contributed by atoms with Crippen LogP contribution in [0.5, 0.6) is 0 Å². The van der Waals surface area contributed by atoms with Gasteiger partial charge in [-0.25, -0.2) is 4.98 Å². The van der Waals surface area contributed by atoms with Crippen molar-refractivity contribution in [2.24, 2.45) is 11.8 Å². The molecular weight excluding hydrogens is 801 g/mol. The smallest absolute Gasteiger partial charge is 0.162 e. The first-order chi connectivity index (χ1) is 23.4. The number of aliphatic hydroxyl groups excluding tert-OH is 1. The molecule has 1 aliphatic rings. The van der Waals surface area contributed by atoms with Gasteiger partial charge in [-0.05, 0) is 89.1 Å². The van der Waals surface area contributed by atoms with Gasteiger partial charge in [-0.1, -0.05) is 87.9 Å². The van der Waals surface area contributed by atoms with Gasteiger partial charge in [0.1, 0.15) is 16.0 Å². The SMILES string of the molecule is CCC(CC)C(=O)/C=C(\O)C(CC)CC.[CH2-][n+]1c(-c2[c-]ccc3c2sc2ncccc23)cc(C2CCCC2)c2c3ccccc3ccc21.[Ir]. The molecule has 0 spiro atoms. The Morgan fingerprint density at radius 2 is 1.65 bits per heavy atom. The van der Waals surface area contributed by atoms with Crippen LogP contribution in [0.2, 0.25) is 0 Å². The van der Waals surface area contributed by atoms with E-state index >= 15 is 0 Å². The molecule has 6 heteroatoms. The van der Waals surface area contributed by atoms with Gasteiger partial charge >= 0.3 is 0 Å². The van der Waals surface area contributed by atoms with Gasteiger partial charge in [0.25, 0.3) is 0 Å². The minimum atomic E-state index is 0. The van der Waals surface area contributed by atoms with E-state index in [0.717, 1.165) is 41.8 Å². The fourth-order valence-corrected chi connectivity index (χ4v) is 8.68. The van der Waals surface area contributed by atoms with E-state index in [0.29, 0.717) is 5.92 Å². The third-order valence-corrected chi connectivity index (χ3v) is 11.6. The minimum absolute atomic E-state index is 0. The Balaban J connectivity index is 0.000000252. The van der Waals surface area contributed by atoms with E-state index in [2.05, 4.69) is 83.3 Å². The Bertz CT molecular complexity index is 2100. The standard InChI is InChI=1S/C30H23N2S.C13H24O2.Ir/c1-32-26-16-15-20-10-4-5-11-21(20)28(26)25(19-8-2-3-9-19)18-27(32)24-13-6-12-22-23-14-7-17-31-30(23)33-29(22)24;1-5-10(6-2)12(14)9-13(15)11(7-3)8-4;/h4-7,10-12,14-19H,1-3,8-9H2;9-11,14H,5-8H2,1-4H3;/q-1;;/b;12-9-;. The van der Waals surface area contributed by atoms with Gasteiger partial charge in [-0.3, -0.25) is 4.79 Å². The van der Waals surface area contributed by atoms with Crippen molar-refractivity contribution < 1.29 is 34.6 Å². The van der Waals surface area contributed by atoms with Crippen molar-refractivity contribution in [1.82, 2.24) is 4.98 Å². The molecule has 49 heavy (non-hydrogen) atoms. The molecule has 3 heterocycles. The van der Waals surface area contributed by atoms with Gasteiger partial charge in [-0.2, -0.15) is 11.3 Å². The first kappa shape index (κ1) is 36.7. The van der Waals surface area contributed by atoms with Crippen molar-refractivity contribution in [2.75, 3.05) is 0 Å². The molecule has 0 unspecified atom stereocenters. The van der Waals surface area contributed by atoms with Crippen LogP contribution in [0.1, 0.15) is 90.5 Å². The molecule has 1 aliphatic carbocycles. The van der Waals surface area contributed by atoms with Crippen molar-refractivity contribution in [3.05, 3.63) is 103 Å². The number of carbonyl (C=O) groups excluding carboxylic acids is 1. The Labute approximate surface area is 308 Å². The van der Waals surface area contributed by atoms with Crippen LogP contribution < -0.4 is 4.57 Å². The average molecular weight is 848 g/mol. The number of rotatable bonds is 9. The van der Waals surface area contributed by atoms with Gasteiger partial charge in [0, 0.05) is 56.6 Å². The zero-order valence-electron chi connectivity index (χ0n) is 29.1. The first-order valence-corrected chi connectivity index (χ1v) is 18.6. The number of ketones is 1. The van der Waals surface area contributed by atoms with E-state index in [1.807, 2.05) is 40.0 Å². The second kappa shape index (κ2) is 16.4. The summed E-state index contributed by atoms with van der Waals surface area (Å²) in [6, 6.07) is 27.6. The summed E-state index contributed by atoms with van der Waals surface area (Å²) in [6.07, 6.45) is 11.9. The summed E-state index contributed by atoms with van der Waals surface area (Å²) in [7, 11) is 4.55. The average Bonchev–Trinajstić information content (AvgIpc) is 3.79. The number of allylic oxidation sites excluding steroid dienone is 2. The van der Waals surface area contributed by atoms with Gasteiger partial charge in [0.15, 0.2) is 5.78 Å². The maximum atomic E-state index is 11.7. The topological polar surface area (TPSA) is 54.1 Å². The number of aliphatic hydroxyl groups is 1. The third-order valence-electron chi connectivity index (χ3n) is 10.4. The summed E-state index contributed by atoms with van der Waals surface area (Å²) in [5, 5.41) is 16.2. The molecule has 3 aromatic heterocycles. The number of carbonyl (C=O) groups is 1. The summed E-state index contributed by atoms with van der Waals surface area (Å²) in [5.74, 6) is 1.15. The van der Waals surface area contributed by atoms with Crippen LogP contribution in [-0.4, -0.2) is 15.9 Å². The van der Waals surface area contributed by atoms with Crippen molar-refractivity contribution in [1.29, 1.82) is 0 Å². The Hall–Kier alpha value is -3.57. The quantitative estimate of drug-likeness (QED) is 0.0518. The van der Waals surface area contributed by atoms with E-state index < -0.39 is 0 Å². The van der Waals surface area contributed by atoms with Crippen LogP contribution in [0.4, 0.5) is 0 Å². The Kier molecular flexibility index (Phi) is 12.3. The molecule has 1 radical (unpaired) electrons. The fraction of sp³-hybridized carbons (Fsp3) is 0.349. The van der Waals surface area contributed by atoms with Crippen LogP contribution in [0.15, 0.2) is 84.8 Å². The van der Waals surface area contributed by atoms with Crippen molar-refractivity contribution in [3.63, 3.8) is 0 Å². The number of aromatic nitrogens is 2. The maximum absolute atomic E-state index is 11.7. The van der Waals surface area contributed by atoms with Gasteiger partial charge in [0.05, 0.1) is 5.76 Å². The van der Waals surface area contributed by atoms with Gasteiger partial charge in [-0.15, -0.1) is 18.2 Å². The second-order valence-corrected chi connectivity index (χ2v) is 14.1. The number of thiophene rings is 1. The summed E-state index contributed by atoms with van der Waals surface area (Å²) in [4.78, 5) is 17.4. The summed E-state index contributed by atoms with van der Waals surface area (Å²) in [6.45, 7) is 8.07. The molecule has 0 bridgehead atoms. The number of fused-ring (bicyclic) bond motifs is 6. The zero-order chi connectivity index (χ0) is 33.8. The summed E-state index contributed by atoms with van der Waals surface area (Å²) < 4.78 is 3.37. The Morgan fingerprint density at radius 1 is 0.959 bits per heavy atom. The van der Waals surface area contributed by atoms with E-state index in [-0.39, 0.29) is 43.5 Å². The molecule has 0 amide bonds. The molecule has 0 saturated heterocycles. The second-order valence-electron chi connectivity index (χ2n) is 13.1. The van der Waals surface area contributed by atoms with Gasteiger partial charge in [0.2, 0.25) is 0 Å². The molecule has 7 rings (SSSR count). The zero-order valence-corrected chi connectivity index (χ0v) is 32.3. The van der Waals surface area contributed by atoms with E-state index in [1.54, 1.807) is 11.3 Å². The van der Waals surface area contributed by atoms with Crippen LogP contribution in [-0.2, 0) is 24.9 Å². The Morgan fingerprint density at radius 3 is 2.37 bits per heavy atom. The molecular formula is C43H47IrN2O2S-. The van der Waals surface area contributed by atoms with Crippen LogP contribution >= 0.6 is 11.3 Å². The summed E-state index contributed by atoms with van der Waals surface area (Å²) in [5.41, 5.74) is 4.92. The van der Waals surface area contributed by atoms with E-state index in [1.165, 1.54) is 74.5 Å². The molecule has 1 N–H and O–H groups in total. The largest absolute Gasteiger partial charge is 0.512 e. The molecule has 0 atom stereocenters. The van der Waals surface area contributed by atoms with Crippen molar-refractivity contribution >= 4 is 59.1 Å². The number of pyridine rings is 2. The molecule has 6 aromatic rings. The summed E-state index contributed by atoms with van der Waals surface area (Å²) >= 11 is 1.75. The minimum Gasteiger partial charge on any atom is -0.512 e. The normalized spacial score (nSPS) is 13.8.